The van der Waals surface area contributed by atoms with E-state index in [0.29, 0.717) is 17.1 Å². The lowest BCUT2D eigenvalue weighted by molar-refractivity contribution is 0.0636. The van der Waals surface area contributed by atoms with Crippen LogP contribution in [0.15, 0.2) is 18.2 Å². The molecule has 0 bridgehead atoms. The molecule has 23 heavy (non-hydrogen) atoms. The van der Waals surface area contributed by atoms with Crippen molar-refractivity contribution in [3.8, 4) is 5.75 Å². The number of hydrogen-bond donors (Lipinski definition) is 2. The first kappa shape index (κ1) is 19.4. The summed E-state index contributed by atoms with van der Waals surface area (Å²) >= 11 is 0. The molecule has 0 radical (unpaired) electrons. The number of nitrogens with one attached hydrogen (secondary N) is 1. The van der Waals surface area contributed by atoms with Crippen LogP contribution in [0, 0.1) is 0 Å². The number of carbonyl (C=O) groups excluding carboxylic acids is 1. The molecule has 130 valence electrons. The van der Waals surface area contributed by atoms with Gasteiger partial charge in [0.2, 0.25) is 8.32 Å². The Labute approximate surface area is 140 Å². The number of nitrogens with two attached hydrogens (primary N) is 1. The van der Waals surface area contributed by atoms with Crippen molar-refractivity contribution in [2.45, 2.75) is 65.3 Å². The molecule has 0 aromatic heterocycles. The van der Waals surface area contributed by atoms with Gasteiger partial charge in [0.1, 0.15) is 11.4 Å². The van der Waals surface area contributed by atoms with Gasteiger partial charge in [-0.25, -0.2) is 4.79 Å². The first-order chi connectivity index (χ1) is 10.2. The van der Waals surface area contributed by atoms with Gasteiger partial charge in [-0.2, -0.15) is 0 Å². The second-order valence-electron chi connectivity index (χ2n) is 8.28. The zero-order chi connectivity index (χ0) is 18.1. The van der Waals surface area contributed by atoms with Crippen molar-refractivity contribution in [2.75, 3.05) is 11.1 Å². The fourth-order valence-corrected chi connectivity index (χ4v) is 2.64. The van der Waals surface area contributed by atoms with Crippen molar-refractivity contribution < 1.29 is 14.0 Å². The van der Waals surface area contributed by atoms with Gasteiger partial charge >= 0.3 is 6.09 Å². The first-order valence-corrected chi connectivity index (χ1v) is 10.7. The molecule has 0 heterocycles. The van der Waals surface area contributed by atoms with Gasteiger partial charge in [-0.3, -0.25) is 5.32 Å². The summed E-state index contributed by atoms with van der Waals surface area (Å²) in [7, 11) is -1.97. The number of anilines is 2. The minimum Gasteiger partial charge on any atom is -0.543 e. The molecule has 0 aliphatic carbocycles. The quantitative estimate of drug-likeness (QED) is 0.601. The van der Waals surface area contributed by atoms with E-state index in [0.717, 1.165) is 0 Å². The maximum atomic E-state index is 11.9. The van der Waals surface area contributed by atoms with Crippen molar-refractivity contribution in [1.82, 2.24) is 0 Å². The highest BCUT2D eigenvalue weighted by atomic mass is 28.4. The van der Waals surface area contributed by atoms with Gasteiger partial charge in [-0.15, -0.1) is 0 Å². The van der Waals surface area contributed by atoms with Gasteiger partial charge in [0.25, 0.3) is 0 Å². The largest absolute Gasteiger partial charge is 0.543 e. The maximum absolute atomic E-state index is 11.9. The molecule has 1 aromatic rings. The second kappa shape index (κ2) is 6.43. The molecule has 0 saturated heterocycles. The molecule has 0 fully saturated rings. The fourth-order valence-electron chi connectivity index (χ4n) is 1.62. The average Bonchev–Trinajstić information content (AvgIpc) is 2.21. The summed E-state index contributed by atoms with van der Waals surface area (Å²) in [6, 6.07) is 5.24. The lowest BCUT2D eigenvalue weighted by Gasteiger charge is -2.36. The van der Waals surface area contributed by atoms with E-state index in [1.165, 1.54) is 0 Å². The molecule has 0 unspecified atom stereocenters. The van der Waals surface area contributed by atoms with E-state index in [1.54, 1.807) is 18.2 Å². The number of benzene rings is 1. The first-order valence-electron chi connectivity index (χ1n) is 7.79. The standard InChI is InChI=1S/C17H30N2O3Si/c1-16(2,3)21-15(20)19-13-9-12(18)10-14(11-13)22-23(7,8)17(4,5)6/h9-11H,18H2,1-8H3,(H,19,20). The Morgan fingerprint density at radius 1 is 1.09 bits per heavy atom. The van der Waals surface area contributed by atoms with Crippen LogP contribution >= 0.6 is 0 Å². The number of ether oxygens (including phenoxy) is 1. The van der Waals surface area contributed by atoms with Gasteiger partial charge in [0.05, 0.1) is 0 Å². The lowest BCUT2D eigenvalue weighted by atomic mass is 10.2. The zero-order valence-corrected chi connectivity index (χ0v) is 16.5. The van der Waals surface area contributed by atoms with Crippen LogP contribution in [0.5, 0.6) is 5.75 Å². The highest BCUT2D eigenvalue weighted by Crippen LogP contribution is 2.38. The summed E-state index contributed by atoms with van der Waals surface area (Å²) in [4.78, 5) is 11.9. The number of amides is 1. The molecule has 3 N–H and O–H groups in total. The van der Waals surface area contributed by atoms with E-state index in [4.69, 9.17) is 14.9 Å². The van der Waals surface area contributed by atoms with Crippen LogP contribution in [0.2, 0.25) is 18.1 Å². The van der Waals surface area contributed by atoms with Crippen LogP contribution in [0.3, 0.4) is 0 Å². The van der Waals surface area contributed by atoms with Crippen molar-refractivity contribution in [3.05, 3.63) is 18.2 Å². The van der Waals surface area contributed by atoms with E-state index in [1.807, 2.05) is 20.8 Å². The van der Waals surface area contributed by atoms with Gasteiger partial charge in [0, 0.05) is 23.5 Å². The smallest absolute Gasteiger partial charge is 0.412 e. The van der Waals surface area contributed by atoms with Crippen LogP contribution in [0.25, 0.3) is 0 Å². The van der Waals surface area contributed by atoms with E-state index in [-0.39, 0.29) is 5.04 Å². The molecular formula is C17H30N2O3Si. The van der Waals surface area contributed by atoms with Gasteiger partial charge in [-0.1, -0.05) is 20.8 Å². The summed E-state index contributed by atoms with van der Waals surface area (Å²) in [6.07, 6.45) is -0.513. The maximum Gasteiger partial charge on any atom is 0.412 e. The zero-order valence-electron chi connectivity index (χ0n) is 15.5. The Morgan fingerprint density at radius 3 is 2.13 bits per heavy atom. The number of carbonyl (C=O) groups is 1. The Kier molecular flexibility index (Phi) is 5.41. The van der Waals surface area contributed by atoms with Gasteiger partial charge in [-0.05, 0) is 45.0 Å². The van der Waals surface area contributed by atoms with E-state index >= 15 is 0 Å². The third-order valence-corrected chi connectivity index (χ3v) is 8.11. The average molecular weight is 339 g/mol. The molecule has 0 aliphatic rings. The third-order valence-electron chi connectivity index (χ3n) is 3.75. The summed E-state index contributed by atoms with van der Waals surface area (Å²) in [5, 5.41) is 2.78. The molecule has 1 amide bonds. The monoisotopic (exact) mass is 338 g/mol. The Hall–Kier alpha value is -1.69. The normalized spacial score (nSPS) is 12.7. The molecule has 5 nitrogen and oxygen atoms in total. The highest BCUT2D eigenvalue weighted by molar-refractivity contribution is 6.74. The van der Waals surface area contributed by atoms with Crippen LogP contribution in [0.1, 0.15) is 41.5 Å². The van der Waals surface area contributed by atoms with Crippen molar-refractivity contribution in [3.63, 3.8) is 0 Å². The third kappa shape index (κ3) is 6.13. The second-order valence-corrected chi connectivity index (χ2v) is 13.0. The van der Waals surface area contributed by atoms with Gasteiger partial charge in [0.15, 0.2) is 0 Å². The van der Waals surface area contributed by atoms with E-state index in [2.05, 4.69) is 39.2 Å². The van der Waals surface area contributed by atoms with Crippen molar-refractivity contribution >= 4 is 25.8 Å². The highest BCUT2D eigenvalue weighted by Gasteiger charge is 2.39. The molecular weight excluding hydrogens is 308 g/mol. The summed E-state index contributed by atoms with van der Waals surface area (Å²) < 4.78 is 11.5. The number of nitrogen functional groups attached to an aromatic ring is 1. The summed E-state index contributed by atoms with van der Waals surface area (Å²) in [6.45, 7) is 16.3. The topological polar surface area (TPSA) is 73.6 Å². The molecule has 0 saturated carbocycles. The molecule has 0 aliphatic heterocycles. The van der Waals surface area contributed by atoms with Crippen LogP contribution in [-0.2, 0) is 4.74 Å². The van der Waals surface area contributed by atoms with Crippen LogP contribution < -0.4 is 15.5 Å². The Morgan fingerprint density at radius 2 is 1.65 bits per heavy atom. The van der Waals surface area contributed by atoms with E-state index < -0.39 is 20.0 Å². The number of hydrogen-bond acceptors (Lipinski definition) is 4. The predicted octanol–water partition coefficient (Wildman–Crippen LogP) is 5.00. The molecule has 0 atom stereocenters. The van der Waals surface area contributed by atoms with Crippen LogP contribution in [-0.4, -0.2) is 20.0 Å². The molecule has 0 spiro atoms. The van der Waals surface area contributed by atoms with Gasteiger partial charge < -0.3 is 14.9 Å². The fraction of sp³-hybridized carbons (Fsp3) is 0.588. The minimum atomic E-state index is -1.97. The van der Waals surface area contributed by atoms with E-state index in [9.17, 15) is 4.79 Å². The summed E-state index contributed by atoms with van der Waals surface area (Å²) in [5.74, 6) is 0.669. The van der Waals surface area contributed by atoms with Crippen LogP contribution in [0.4, 0.5) is 16.2 Å². The van der Waals surface area contributed by atoms with Crippen molar-refractivity contribution in [1.29, 1.82) is 0 Å². The molecule has 6 heteroatoms. The Bertz CT molecular complexity index is 572. The lowest BCUT2D eigenvalue weighted by Crippen LogP contribution is -2.43. The SMILES string of the molecule is CC(C)(C)OC(=O)Nc1cc(N)cc(O[Si](C)(C)C(C)(C)C)c1. The Balaban J connectivity index is 2.94. The molecule has 1 rings (SSSR count). The molecule has 1 aromatic carbocycles. The predicted molar refractivity (Wildman–Crippen MR) is 98.5 cm³/mol. The summed E-state index contributed by atoms with van der Waals surface area (Å²) in [5.41, 5.74) is 6.48. The van der Waals surface area contributed by atoms with Crippen molar-refractivity contribution in [2.24, 2.45) is 0 Å². The minimum absolute atomic E-state index is 0.0797. The number of rotatable bonds is 3.